The standard InChI is InChI=1S/C14H14N4O4/c1-9-12(8-19)16-17-18(9)7-13(20)15-11-6-4-3-5-10(11)14(21)22-2/h3-6,8H,7H2,1-2H3,(H,15,20). The summed E-state index contributed by atoms with van der Waals surface area (Å²) in [7, 11) is 1.26. The Morgan fingerprint density at radius 3 is 2.73 bits per heavy atom. The van der Waals surface area contributed by atoms with E-state index < -0.39 is 11.9 Å². The van der Waals surface area contributed by atoms with Crippen molar-refractivity contribution in [1.29, 1.82) is 0 Å². The number of hydrogen-bond donors (Lipinski definition) is 1. The van der Waals surface area contributed by atoms with Crippen molar-refractivity contribution in [3.05, 3.63) is 41.2 Å². The number of hydrogen-bond acceptors (Lipinski definition) is 6. The third-order valence-electron chi connectivity index (χ3n) is 3.03. The van der Waals surface area contributed by atoms with Gasteiger partial charge < -0.3 is 10.1 Å². The third kappa shape index (κ3) is 3.17. The van der Waals surface area contributed by atoms with Crippen molar-refractivity contribution in [3.63, 3.8) is 0 Å². The second-order valence-corrected chi connectivity index (χ2v) is 4.42. The van der Waals surface area contributed by atoms with Crippen molar-refractivity contribution in [2.24, 2.45) is 0 Å². The first-order chi connectivity index (χ1) is 10.6. The van der Waals surface area contributed by atoms with Gasteiger partial charge in [-0.05, 0) is 19.1 Å². The molecule has 114 valence electrons. The Labute approximate surface area is 126 Å². The number of aromatic nitrogens is 3. The monoisotopic (exact) mass is 302 g/mol. The van der Waals surface area contributed by atoms with Gasteiger partial charge in [-0.3, -0.25) is 9.59 Å². The molecule has 2 aromatic rings. The van der Waals surface area contributed by atoms with Gasteiger partial charge in [-0.2, -0.15) is 0 Å². The molecular formula is C14H14N4O4. The summed E-state index contributed by atoms with van der Waals surface area (Å²) in [5, 5.41) is 9.98. The summed E-state index contributed by atoms with van der Waals surface area (Å²) in [5.74, 6) is -0.946. The lowest BCUT2D eigenvalue weighted by molar-refractivity contribution is -0.117. The van der Waals surface area contributed by atoms with Crippen LogP contribution in [-0.4, -0.2) is 40.3 Å². The summed E-state index contributed by atoms with van der Waals surface area (Å²) in [5.41, 5.74) is 1.27. The van der Waals surface area contributed by atoms with Crippen molar-refractivity contribution in [2.45, 2.75) is 13.5 Å². The lowest BCUT2D eigenvalue weighted by Crippen LogP contribution is -2.21. The van der Waals surface area contributed by atoms with Crippen molar-refractivity contribution >= 4 is 23.9 Å². The SMILES string of the molecule is COC(=O)c1ccccc1NC(=O)Cn1nnc(C=O)c1C. The molecule has 22 heavy (non-hydrogen) atoms. The minimum atomic E-state index is -0.545. The van der Waals surface area contributed by atoms with Crippen molar-refractivity contribution < 1.29 is 19.1 Å². The number of amides is 1. The van der Waals surface area contributed by atoms with E-state index in [1.54, 1.807) is 31.2 Å². The molecular weight excluding hydrogens is 288 g/mol. The highest BCUT2D eigenvalue weighted by molar-refractivity contribution is 6.01. The zero-order chi connectivity index (χ0) is 16.1. The van der Waals surface area contributed by atoms with E-state index in [2.05, 4.69) is 20.4 Å². The highest BCUT2D eigenvalue weighted by Gasteiger charge is 2.15. The summed E-state index contributed by atoms with van der Waals surface area (Å²) in [6.07, 6.45) is 0.573. The van der Waals surface area contributed by atoms with Gasteiger partial charge in [0.25, 0.3) is 0 Å². The maximum atomic E-state index is 12.1. The number of esters is 1. The van der Waals surface area contributed by atoms with E-state index in [0.29, 0.717) is 17.7 Å². The molecule has 0 aliphatic rings. The third-order valence-corrected chi connectivity index (χ3v) is 3.03. The number of anilines is 1. The van der Waals surface area contributed by atoms with Crippen LogP contribution >= 0.6 is 0 Å². The van der Waals surface area contributed by atoms with Crippen molar-refractivity contribution in [3.8, 4) is 0 Å². The molecule has 0 unspecified atom stereocenters. The van der Waals surface area contributed by atoms with Crippen LogP contribution in [0.1, 0.15) is 26.5 Å². The van der Waals surface area contributed by atoms with E-state index in [1.807, 2.05) is 0 Å². The van der Waals surface area contributed by atoms with Crippen LogP contribution < -0.4 is 5.32 Å². The fourth-order valence-corrected chi connectivity index (χ4v) is 1.84. The maximum absolute atomic E-state index is 12.1. The zero-order valence-corrected chi connectivity index (χ0v) is 12.1. The normalized spacial score (nSPS) is 10.1. The first-order valence-corrected chi connectivity index (χ1v) is 6.39. The highest BCUT2D eigenvalue weighted by Crippen LogP contribution is 2.16. The van der Waals surface area contributed by atoms with Crippen LogP contribution in [-0.2, 0) is 16.1 Å². The summed E-state index contributed by atoms with van der Waals surface area (Å²) >= 11 is 0. The predicted octanol–water partition coefficient (Wildman–Crippen LogP) is 0.824. The summed E-state index contributed by atoms with van der Waals surface area (Å²) in [6.45, 7) is 1.52. The van der Waals surface area contributed by atoms with Gasteiger partial charge in [0.2, 0.25) is 5.91 Å². The van der Waals surface area contributed by atoms with Gasteiger partial charge in [0.1, 0.15) is 12.2 Å². The summed E-state index contributed by atoms with van der Waals surface area (Å²) in [4.78, 5) is 34.4. The van der Waals surface area contributed by atoms with E-state index in [9.17, 15) is 14.4 Å². The number of carbonyl (C=O) groups excluding carboxylic acids is 3. The highest BCUT2D eigenvalue weighted by atomic mass is 16.5. The van der Waals surface area contributed by atoms with Crippen LogP contribution in [0.2, 0.25) is 0 Å². The summed E-state index contributed by atoms with van der Waals surface area (Å²) in [6, 6.07) is 6.49. The second-order valence-electron chi connectivity index (χ2n) is 4.42. The Hall–Kier alpha value is -3.03. The number of benzene rings is 1. The molecule has 1 aromatic carbocycles. The number of para-hydroxylation sites is 1. The molecule has 1 aromatic heterocycles. The Bertz CT molecular complexity index is 723. The van der Waals surface area contributed by atoms with Crippen LogP contribution in [0.25, 0.3) is 0 Å². The van der Waals surface area contributed by atoms with Crippen LogP contribution in [0.5, 0.6) is 0 Å². The molecule has 2 rings (SSSR count). The number of rotatable bonds is 5. The van der Waals surface area contributed by atoms with Crippen LogP contribution in [0.3, 0.4) is 0 Å². The molecule has 0 atom stereocenters. The molecule has 1 amide bonds. The molecule has 0 spiro atoms. The van der Waals surface area contributed by atoms with Gasteiger partial charge in [0.05, 0.1) is 24.1 Å². The number of methoxy groups -OCH3 is 1. The smallest absolute Gasteiger partial charge is 0.339 e. The Morgan fingerprint density at radius 1 is 1.36 bits per heavy atom. The number of nitrogens with one attached hydrogen (secondary N) is 1. The van der Waals surface area contributed by atoms with Gasteiger partial charge in [0, 0.05) is 0 Å². The van der Waals surface area contributed by atoms with Crippen LogP contribution in [0.4, 0.5) is 5.69 Å². The fourth-order valence-electron chi connectivity index (χ4n) is 1.84. The summed E-state index contributed by atoms with van der Waals surface area (Å²) < 4.78 is 5.96. The minimum absolute atomic E-state index is 0.123. The number of aldehydes is 1. The van der Waals surface area contributed by atoms with Gasteiger partial charge >= 0.3 is 5.97 Å². The fraction of sp³-hybridized carbons (Fsp3) is 0.214. The van der Waals surface area contributed by atoms with Gasteiger partial charge in [0.15, 0.2) is 6.29 Å². The first kappa shape index (κ1) is 15.4. The molecule has 1 heterocycles. The largest absolute Gasteiger partial charge is 0.465 e. The van der Waals surface area contributed by atoms with E-state index >= 15 is 0 Å². The topological polar surface area (TPSA) is 103 Å². The quantitative estimate of drug-likeness (QED) is 0.648. The zero-order valence-electron chi connectivity index (χ0n) is 12.1. The van der Waals surface area contributed by atoms with Gasteiger partial charge in [-0.15, -0.1) is 5.10 Å². The van der Waals surface area contributed by atoms with Gasteiger partial charge in [-0.25, -0.2) is 9.48 Å². The molecule has 0 saturated carbocycles. The molecule has 0 aliphatic carbocycles. The Morgan fingerprint density at radius 2 is 2.09 bits per heavy atom. The second kappa shape index (κ2) is 6.61. The average molecular weight is 302 g/mol. The number of nitrogens with zero attached hydrogens (tertiary/aromatic N) is 3. The van der Waals surface area contributed by atoms with Crippen LogP contribution in [0, 0.1) is 6.92 Å². The maximum Gasteiger partial charge on any atom is 0.339 e. The Kier molecular flexibility index (Phi) is 4.62. The molecule has 0 saturated heterocycles. The molecule has 8 nitrogen and oxygen atoms in total. The van der Waals surface area contributed by atoms with E-state index in [1.165, 1.54) is 11.8 Å². The minimum Gasteiger partial charge on any atom is -0.465 e. The molecule has 1 N–H and O–H groups in total. The van der Waals surface area contributed by atoms with Crippen LogP contribution in [0.15, 0.2) is 24.3 Å². The molecule has 8 heteroatoms. The predicted molar refractivity (Wildman–Crippen MR) is 76.6 cm³/mol. The molecule has 0 fully saturated rings. The molecule has 0 bridgehead atoms. The first-order valence-electron chi connectivity index (χ1n) is 6.39. The van der Waals surface area contributed by atoms with E-state index in [0.717, 1.165) is 0 Å². The Balaban J connectivity index is 2.14. The van der Waals surface area contributed by atoms with Crippen molar-refractivity contribution in [1.82, 2.24) is 15.0 Å². The average Bonchev–Trinajstić information content (AvgIpc) is 2.87. The lowest BCUT2D eigenvalue weighted by Gasteiger charge is -2.09. The van der Waals surface area contributed by atoms with E-state index in [-0.39, 0.29) is 17.8 Å². The van der Waals surface area contributed by atoms with Gasteiger partial charge in [-0.1, -0.05) is 17.3 Å². The number of carbonyl (C=O) groups is 3. The van der Waals surface area contributed by atoms with Crippen molar-refractivity contribution in [2.75, 3.05) is 12.4 Å². The lowest BCUT2D eigenvalue weighted by atomic mass is 10.2. The van der Waals surface area contributed by atoms with E-state index in [4.69, 9.17) is 0 Å². The number of ether oxygens (including phenoxy) is 1. The molecule has 0 aliphatic heterocycles. The molecule has 0 radical (unpaired) electrons.